The van der Waals surface area contributed by atoms with E-state index in [1.807, 2.05) is 18.7 Å². The highest BCUT2D eigenvalue weighted by Crippen LogP contribution is 2.16. The van der Waals surface area contributed by atoms with Gasteiger partial charge in [0.05, 0.1) is 0 Å². The minimum atomic E-state index is -0.0549. The Kier molecular flexibility index (Phi) is 4.62. The van der Waals surface area contributed by atoms with Crippen LogP contribution in [0.3, 0.4) is 0 Å². The van der Waals surface area contributed by atoms with E-state index in [4.69, 9.17) is 0 Å². The molecule has 5 heteroatoms. The lowest BCUT2D eigenvalue weighted by molar-refractivity contribution is 0.507. The minimum absolute atomic E-state index is 0.0549. The molecule has 0 saturated carbocycles. The average Bonchev–Trinajstić information content (AvgIpc) is 2.29. The first-order chi connectivity index (χ1) is 8.24. The maximum atomic E-state index is 11.3. The van der Waals surface area contributed by atoms with Crippen LogP contribution in [0.25, 0.3) is 0 Å². The predicted octanol–water partition coefficient (Wildman–Crippen LogP) is 1.11. The Hall–Kier alpha value is -0.810. The van der Waals surface area contributed by atoms with Gasteiger partial charge in [0.25, 0.3) is 5.56 Å². The maximum absolute atomic E-state index is 11.3. The molecule has 0 radical (unpaired) electrons. The fourth-order valence-electron chi connectivity index (χ4n) is 2.06. The smallest absolute Gasteiger partial charge is 0.251 e. The normalized spacial score (nSPS) is 20.4. The fourth-order valence-corrected chi connectivity index (χ4v) is 3.16. The molecule has 4 nitrogen and oxygen atoms in total. The van der Waals surface area contributed by atoms with Gasteiger partial charge in [-0.15, -0.1) is 0 Å². The van der Waals surface area contributed by atoms with E-state index in [2.05, 4.69) is 15.3 Å². The highest BCUT2D eigenvalue weighted by molar-refractivity contribution is 7.99. The van der Waals surface area contributed by atoms with Gasteiger partial charge in [0, 0.05) is 36.5 Å². The second-order valence-electron chi connectivity index (χ2n) is 4.45. The molecule has 1 atom stereocenters. The van der Waals surface area contributed by atoms with Crippen molar-refractivity contribution in [1.29, 1.82) is 0 Å². The minimum Gasteiger partial charge on any atom is -0.313 e. The first-order valence-electron chi connectivity index (χ1n) is 6.12. The summed E-state index contributed by atoms with van der Waals surface area (Å²) in [5, 5.41) is 3.53. The lowest BCUT2D eigenvalue weighted by atomic mass is 10.2. The Morgan fingerprint density at radius 3 is 3.24 bits per heavy atom. The predicted molar refractivity (Wildman–Crippen MR) is 71.6 cm³/mol. The first kappa shape index (κ1) is 12.6. The molecule has 2 heterocycles. The summed E-state index contributed by atoms with van der Waals surface area (Å²) < 4.78 is 0. The molecule has 1 aromatic heterocycles. The van der Waals surface area contributed by atoms with Crippen molar-refractivity contribution < 1.29 is 0 Å². The number of nitrogens with zero attached hydrogens (tertiary/aromatic N) is 1. The zero-order chi connectivity index (χ0) is 12.1. The van der Waals surface area contributed by atoms with Gasteiger partial charge < -0.3 is 10.3 Å². The molecule has 2 rings (SSSR count). The zero-order valence-electron chi connectivity index (χ0n) is 10.2. The summed E-state index contributed by atoms with van der Waals surface area (Å²) in [7, 11) is 0. The van der Waals surface area contributed by atoms with Crippen molar-refractivity contribution in [3.05, 3.63) is 27.9 Å². The van der Waals surface area contributed by atoms with E-state index in [0.717, 1.165) is 24.5 Å². The summed E-state index contributed by atoms with van der Waals surface area (Å²) in [5.74, 6) is 3.29. The molecular formula is C12H19N3OS. The molecule has 0 aliphatic carbocycles. The highest BCUT2D eigenvalue weighted by Gasteiger charge is 2.12. The second-order valence-corrected chi connectivity index (χ2v) is 5.60. The molecule has 1 aromatic rings. The van der Waals surface area contributed by atoms with E-state index >= 15 is 0 Å². The van der Waals surface area contributed by atoms with Crippen molar-refractivity contribution in [2.75, 3.05) is 18.1 Å². The van der Waals surface area contributed by atoms with Gasteiger partial charge in [-0.1, -0.05) is 0 Å². The number of aryl methyl sites for hydroxylation is 1. The van der Waals surface area contributed by atoms with Crippen LogP contribution >= 0.6 is 11.8 Å². The third-order valence-corrected chi connectivity index (χ3v) is 4.09. The molecule has 0 spiro atoms. The molecule has 0 unspecified atom stereocenters. The van der Waals surface area contributed by atoms with Crippen molar-refractivity contribution in [3.8, 4) is 0 Å². The molecule has 0 bridgehead atoms. The van der Waals surface area contributed by atoms with Crippen LogP contribution in [0, 0.1) is 6.92 Å². The van der Waals surface area contributed by atoms with Crippen LogP contribution in [0.1, 0.15) is 24.4 Å². The molecule has 0 aromatic carbocycles. The summed E-state index contributed by atoms with van der Waals surface area (Å²) in [6.07, 6.45) is 3.37. The molecule has 0 amide bonds. The van der Waals surface area contributed by atoms with E-state index < -0.39 is 0 Å². The molecule has 17 heavy (non-hydrogen) atoms. The Morgan fingerprint density at radius 1 is 1.65 bits per heavy atom. The quantitative estimate of drug-likeness (QED) is 0.844. The number of H-pyrrole nitrogens is 1. The average molecular weight is 253 g/mol. The van der Waals surface area contributed by atoms with E-state index in [1.165, 1.54) is 30.4 Å². The number of thioether (sulfide) groups is 1. The largest absolute Gasteiger partial charge is 0.313 e. The Balaban J connectivity index is 1.79. The summed E-state index contributed by atoms with van der Waals surface area (Å²) in [4.78, 5) is 18.3. The second kappa shape index (κ2) is 6.21. The molecule has 1 aliphatic rings. The van der Waals surface area contributed by atoms with Gasteiger partial charge in [-0.05, 0) is 25.5 Å². The van der Waals surface area contributed by atoms with E-state index in [1.54, 1.807) is 0 Å². The molecule has 1 saturated heterocycles. The summed E-state index contributed by atoms with van der Waals surface area (Å²) in [5.41, 5.74) is 0.734. The highest BCUT2D eigenvalue weighted by atomic mass is 32.2. The van der Waals surface area contributed by atoms with E-state index in [-0.39, 0.29) is 5.56 Å². The van der Waals surface area contributed by atoms with Crippen LogP contribution in [0.5, 0.6) is 0 Å². The number of rotatable bonds is 4. The molecule has 1 aliphatic heterocycles. The zero-order valence-corrected chi connectivity index (χ0v) is 11.0. The summed E-state index contributed by atoms with van der Waals surface area (Å²) >= 11 is 2.02. The number of aromatic nitrogens is 2. The SMILES string of the molecule is Cc1cc(=O)[nH]c(CCN[C@H]2CCCSC2)n1. The van der Waals surface area contributed by atoms with Crippen LogP contribution < -0.4 is 10.9 Å². The van der Waals surface area contributed by atoms with Crippen molar-refractivity contribution in [3.63, 3.8) is 0 Å². The Bertz CT molecular complexity index is 412. The van der Waals surface area contributed by atoms with Crippen LogP contribution in [-0.4, -0.2) is 34.1 Å². The van der Waals surface area contributed by atoms with Crippen LogP contribution in [0.2, 0.25) is 0 Å². The number of aromatic amines is 1. The standard InChI is InChI=1S/C12H19N3OS/c1-9-7-12(16)15-11(14-9)4-5-13-10-3-2-6-17-8-10/h7,10,13H,2-6,8H2,1H3,(H,14,15,16)/t10-/m0/s1. The van der Waals surface area contributed by atoms with Gasteiger partial charge in [-0.2, -0.15) is 11.8 Å². The van der Waals surface area contributed by atoms with Crippen molar-refractivity contribution in [1.82, 2.24) is 15.3 Å². The fraction of sp³-hybridized carbons (Fsp3) is 0.667. The van der Waals surface area contributed by atoms with Gasteiger partial charge >= 0.3 is 0 Å². The Morgan fingerprint density at radius 2 is 2.53 bits per heavy atom. The number of hydrogen-bond donors (Lipinski definition) is 2. The van der Waals surface area contributed by atoms with Gasteiger partial charge in [0.2, 0.25) is 0 Å². The molecule has 2 N–H and O–H groups in total. The van der Waals surface area contributed by atoms with Gasteiger partial charge in [-0.25, -0.2) is 4.98 Å². The summed E-state index contributed by atoms with van der Waals surface area (Å²) in [6, 6.07) is 2.15. The van der Waals surface area contributed by atoms with Crippen molar-refractivity contribution in [2.24, 2.45) is 0 Å². The number of hydrogen-bond acceptors (Lipinski definition) is 4. The van der Waals surface area contributed by atoms with Crippen molar-refractivity contribution >= 4 is 11.8 Å². The van der Waals surface area contributed by atoms with Crippen LogP contribution in [0.4, 0.5) is 0 Å². The third-order valence-electron chi connectivity index (χ3n) is 2.87. The van der Waals surface area contributed by atoms with Crippen LogP contribution in [0.15, 0.2) is 10.9 Å². The van der Waals surface area contributed by atoms with Crippen LogP contribution in [-0.2, 0) is 6.42 Å². The lowest BCUT2D eigenvalue weighted by Crippen LogP contribution is -2.35. The molecule has 1 fully saturated rings. The van der Waals surface area contributed by atoms with Gasteiger partial charge in [0.15, 0.2) is 0 Å². The van der Waals surface area contributed by atoms with E-state index in [0.29, 0.717) is 6.04 Å². The molecular weight excluding hydrogens is 234 g/mol. The molecule has 94 valence electrons. The number of nitrogens with one attached hydrogen (secondary N) is 2. The van der Waals surface area contributed by atoms with E-state index in [9.17, 15) is 4.79 Å². The lowest BCUT2D eigenvalue weighted by Gasteiger charge is -2.22. The summed E-state index contributed by atoms with van der Waals surface area (Å²) in [6.45, 7) is 2.74. The monoisotopic (exact) mass is 253 g/mol. The van der Waals surface area contributed by atoms with Gasteiger partial charge in [-0.3, -0.25) is 4.79 Å². The third kappa shape index (κ3) is 4.16. The Labute approximate surface area is 106 Å². The van der Waals surface area contributed by atoms with Gasteiger partial charge in [0.1, 0.15) is 5.82 Å². The van der Waals surface area contributed by atoms with Crippen molar-refractivity contribution in [2.45, 2.75) is 32.2 Å². The first-order valence-corrected chi connectivity index (χ1v) is 7.27. The topological polar surface area (TPSA) is 57.8 Å². The maximum Gasteiger partial charge on any atom is 0.251 e.